The minimum atomic E-state index is -1.11. The lowest BCUT2D eigenvalue weighted by Gasteiger charge is -2.08. The molecular formula is C9H9FN4O5. The molecule has 0 aliphatic heterocycles. The van der Waals surface area contributed by atoms with E-state index in [1.807, 2.05) is 5.32 Å². The van der Waals surface area contributed by atoms with E-state index in [0.717, 1.165) is 0 Å². The number of carbonyl (C=O) groups is 1. The molecule has 1 rings (SSSR count). The number of nitrogens with zero attached hydrogens (tertiary/aromatic N) is 2. The number of anilines is 1. The number of amides is 1. The van der Waals surface area contributed by atoms with Gasteiger partial charge in [-0.05, 0) is 6.92 Å². The van der Waals surface area contributed by atoms with Gasteiger partial charge in [-0.1, -0.05) is 0 Å². The van der Waals surface area contributed by atoms with E-state index in [2.05, 4.69) is 0 Å². The van der Waals surface area contributed by atoms with Crippen LogP contribution in [0.15, 0.2) is 12.1 Å². The average molecular weight is 272 g/mol. The maximum atomic E-state index is 13.2. The molecule has 0 fully saturated rings. The molecular weight excluding hydrogens is 263 g/mol. The van der Waals surface area contributed by atoms with E-state index in [4.69, 9.17) is 5.73 Å². The summed E-state index contributed by atoms with van der Waals surface area (Å²) < 4.78 is 13.2. The van der Waals surface area contributed by atoms with E-state index < -0.39 is 44.7 Å². The average Bonchev–Trinajstić information content (AvgIpc) is 2.27. The summed E-state index contributed by atoms with van der Waals surface area (Å²) >= 11 is 0. The Morgan fingerprint density at radius 2 is 1.95 bits per heavy atom. The van der Waals surface area contributed by atoms with Crippen molar-refractivity contribution in [3.05, 3.63) is 38.2 Å². The lowest BCUT2D eigenvalue weighted by Crippen LogP contribution is -2.32. The molecule has 1 aromatic rings. The topological polar surface area (TPSA) is 141 Å². The van der Waals surface area contributed by atoms with Gasteiger partial charge in [0.05, 0.1) is 22.0 Å². The van der Waals surface area contributed by atoms with Crippen LogP contribution in [0.3, 0.4) is 0 Å². The van der Waals surface area contributed by atoms with Crippen molar-refractivity contribution in [2.45, 2.75) is 13.0 Å². The number of hydrogen-bond acceptors (Lipinski definition) is 6. The number of benzene rings is 1. The van der Waals surface area contributed by atoms with Crippen LogP contribution < -0.4 is 11.1 Å². The number of halogens is 1. The number of hydrogen-bond donors (Lipinski definition) is 2. The first-order valence-corrected chi connectivity index (χ1v) is 4.92. The van der Waals surface area contributed by atoms with E-state index >= 15 is 0 Å². The third-order valence-corrected chi connectivity index (χ3v) is 2.11. The molecule has 0 aliphatic carbocycles. The van der Waals surface area contributed by atoms with Crippen molar-refractivity contribution in [2.24, 2.45) is 5.73 Å². The number of nitro groups is 2. The highest BCUT2D eigenvalue weighted by molar-refractivity contribution is 5.97. The van der Waals surface area contributed by atoms with Crippen LogP contribution in [0.2, 0.25) is 0 Å². The molecule has 9 nitrogen and oxygen atoms in total. The number of nitrogens with one attached hydrogen (secondary N) is 1. The van der Waals surface area contributed by atoms with Gasteiger partial charge in [0.25, 0.3) is 0 Å². The SMILES string of the molecule is C[C@H](N)C(=O)Nc1cc(F)cc([N+](=O)[O-])c1[N+](=O)[O-]. The van der Waals surface area contributed by atoms with Crippen LogP contribution in [0.25, 0.3) is 0 Å². The monoisotopic (exact) mass is 272 g/mol. The van der Waals surface area contributed by atoms with Crippen molar-refractivity contribution in [3.8, 4) is 0 Å². The Morgan fingerprint density at radius 1 is 1.37 bits per heavy atom. The highest BCUT2D eigenvalue weighted by atomic mass is 19.1. The van der Waals surface area contributed by atoms with E-state index in [-0.39, 0.29) is 0 Å². The fourth-order valence-electron chi connectivity index (χ4n) is 1.26. The summed E-state index contributed by atoms with van der Waals surface area (Å²) in [6.45, 7) is 1.30. The first kappa shape index (κ1) is 14.4. The summed E-state index contributed by atoms with van der Waals surface area (Å²) in [5.41, 5.74) is 2.57. The summed E-state index contributed by atoms with van der Waals surface area (Å²) in [5.74, 6) is -1.92. The maximum absolute atomic E-state index is 13.2. The van der Waals surface area contributed by atoms with Crippen molar-refractivity contribution in [3.63, 3.8) is 0 Å². The maximum Gasteiger partial charge on any atom is 0.369 e. The zero-order chi connectivity index (χ0) is 14.7. The molecule has 1 aromatic carbocycles. The van der Waals surface area contributed by atoms with Crippen molar-refractivity contribution >= 4 is 23.0 Å². The number of nitrogens with two attached hydrogens (primary N) is 1. The molecule has 102 valence electrons. The van der Waals surface area contributed by atoms with Gasteiger partial charge in [0.2, 0.25) is 5.91 Å². The molecule has 10 heteroatoms. The Hall–Kier alpha value is -2.62. The number of rotatable bonds is 4. The van der Waals surface area contributed by atoms with Gasteiger partial charge in [-0.25, -0.2) is 4.39 Å². The standard InChI is InChI=1S/C9H9FN4O5/c1-4(11)9(15)12-6-2-5(10)3-7(13(16)17)8(6)14(18)19/h2-4H,11H2,1H3,(H,12,15)/t4-/m0/s1. The van der Waals surface area contributed by atoms with E-state index in [0.29, 0.717) is 12.1 Å². The molecule has 0 aromatic heterocycles. The van der Waals surface area contributed by atoms with Crippen LogP contribution in [0, 0.1) is 26.0 Å². The molecule has 0 bridgehead atoms. The molecule has 3 N–H and O–H groups in total. The van der Waals surface area contributed by atoms with Crippen LogP contribution in [0.4, 0.5) is 21.5 Å². The molecule has 0 radical (unpaired) electrons. The van der Waals surface area contributed by atoms with Gasteiger partial charge in [-0.15, -0.1) is 0 Å². The number of carbonyl (C=O) groups excluding carboxylic acids is 1. The Morgan fingerprint density at radius 3 is 2.37 bits per heavy atom. The molecule has 0 spiro atoms. The molecule has 0 saturated carbocycles. The van der Waals surface area contributed by atoms with Crippen LogP contribution in [0.1, 0.15) is 6.92 Å². The first-order valence-electron chi connectivity index (χ1n) is 4.92. The van der Waals surface area contributed by atoms with Crippen molar-refractivity contribution in [1.82, 2.24) is 0 Å². The first-order chi connectivity index (χ1) is 8.73. The van der Waals surface area contributed by atoms with Crippen LogP contribution in [-0.4, -0.2) is 21.8 Å². The summed E-state index contributed by atoms with van der Waals surface area (Å²) in [4.78, 5) is 30.6. The van der Waals surface area contributed by atoms with E-state index in [1.165, 1.54) is 6.92 Å². The lowest BCUT2D eigenvalue weighted by atomic mass is 10.2. The third kappa shape index (κ3) is 3.19. The molecule has 0 unspecified atom stereocenters. The second kappa shape index (κ2) is 5.35. The smallest absolute Gasteiger partial charge is 0.320 e. The Labute approximate surface area is 105 Å². The van der Waals surface area contributed by atoms with Gasteiger partial charge in [-0.2, -0.15) is 0 Å². The van der Waals surface area contributed by atoms with Crippen LogP contribution in [-0.2, 0) is 4.79 Å². The summed E-state index contributed by atoms with van der Waals surface area (Å²) in [5, 5.41) is 23.4. The Balaban J connectivity index is 3.41. The predicted molar refractivity (Wildman–Crippen MR) is 62.0 cm³/mol. The zero-order valence-electron chi connectivity index (χ0n) is 9.62. The quantitative estimate of drug-likeness (QED) is 0.616. The van der Waals surface area contributed by atoms with E-state index in [1.54, 1.807) is 0 Å². The van der Waals surface area contributed by atoms with Crippen molar-refractivity contribution in [2.75, 3.05) is 5.32 Å². The van der Waals surface area contributed by atoms with E-state index in [9.17, 15) is 29.4 Å². The molecule has 19 heavy (non-hydrogen) atoms. The van der Waals surface area contributed by atoms with Crippen LogP contribution >= 0.6 is 0 Å². The number of nitro benzene ring substituents is 2. The minimum absolute atomic E-state index is 0.402. The predicted octanol–water partition coefficient (Wildman–Crippen LogP) is 0.928. The van der Waals surface area contributed by atoms with Crippen molar-refractivity contribution < 1.29 is 19.0 Å². The molecule has 1 atom stereocenters. The third-order valence-electron chi connectivity index (χ3n) is 2.11. The van der Waals surface area contributed by atoms with Gasteiger partial charge in [0, 0.05) is 6.07 Å². The fourth-order valence-corrected chi connectivity index (χ4v) is 1.26. The summed E-state index contributed by atoms with van der Waals surface area (Å²) in [6, 6.07) is 0.00682. The van der Waals surface area contributed by atoms with Gasteiger partial charge in [0.1, 0.15) is 11.5 Å². The minimum Gasteiger partial charge on any atom is -0.320 e. The van der Waals surface area contributed by atoms with Crippen molar-refractivity contribution in [1.29, 1.82) is 0 Å². The second-order valence-corrected chi connectivity index (χ2v) is 3.61. The summed E-state index contributed by atoms with van der Waals surface area (Å²) in [6.07, 6.45) is 0. The van der Waals surface area contributed by atoms with Gasteiger partial charge in [-0.3, -0.25) is 25.0 Å². The molecule has 1 amide bonds. The largest absolute Gasteiger partial charge is 0.369 e. The fraction of sp³-hybridized carbons (Fsp3) is 0.222. The van der Waals surface area contributed by atoms with Crippen LogP contribution in [0.5, 0.6) is 0 Å². The lowest BCUT2D eigenvalue weighted by molar-refractivity contribution is -0.422. The molecule has 0 heterocycles. The Bertz CT molecular complexity index is 560. The normalized spacial score (nSPS) is 11.7. The van der Waals surface area contributed by atoms with Gasteiger partial charge < -0.3 is 11.1 Å². The van der Waals surface area contributed by atoms with Gasteiger partial charge >= 0.3 is 11.4 Å². The second-order valence-electron chi connectivity index (χ2n) is 3.61. The van der Waals surface area contributed by atoms with Gasteiger partial charge in [0.15, 0.2) is 0 Å². The summed E-state index contributed by atoms with van der Waals surface area (Å²) in [7, 11) is 0. The Kier molecular flexibility index (Phi) is 4.07. The highest BCUT2D eigenvalue weighted by Gasteiger charge is 2.31. The zero-order valence-corrected chi connectivity index (χ0v) is 9.62. The molecule has 0 saturated heterocycles. The highest BCUT2D eigenvalue weighted by Crippen LogP contribution is 2.35. The molecule has 0 aliphatic rings.